The van der Waals surface area contributed by atoms with Crippen LogP contribution in [0.4, 0.5) is 13.2 Å². The van der Waals surface area contributed by atoms with Gasteiger partial charge in [-0.15, -0.1) is 0 Å². The minimum Gasteiger partial charge on any atom is -0.480 e. The third-order valence-corrected chi connectivity index (χ3v) is 7.69. The minimum absolute atomic E-state index is 0.0529. The lowest BCUT2D eigenvalue weighted by atomic mass is 9.93. The molecule has 1 saturated carbocycles. The van der Waals surface area contributed by atoms with E-state index in [9.17, 15) is 13.2 Å². The van der Waals surface area contributed by atoms with Crippen LogP contribution in [-0.4, -0.2) is 41.2 Å². The van der Waals surface area contributed by atoms with Crippen molar-refractivity contribution in [3.05, 3.63) is 71.7 Å². The number of methoxy groups -OCH3 is 1. The van der Waals surface area contributed by atoms with E-state index in [2.05, 4.69) is 26.9 Å². The first kappa shape index (κ1) is 26.9. The summed E-state index contributed by atoms with van der Waals surface area (Å²) in [6, 6.07) is 7.35. The number of hydrogen-bond donors (Lipinski definition) is 0. The van der Waals surface area contributed by atoms with Crippen molar-refractivity contribution in [3.8, 4) is 28.7 Å². The summed E-state index contributed by atoms with van der Waals surface area (Å²) in [5.74, 6) is 1.57. The first-order chi connectivity index (χ1) is 19.6. The van der Waals surface area contributed by atoms with E-state index < -0.39 is 11.9 Å². The zero-order valence-corrected chi connectivity index (χ0v) is 23.4. The fourth-order valence-corrected chi connectivity index (χ4v) is 5.27. The van der Waals surface area contributed by atoms with Crippen LogP contribution in [0.5, 0.6) is 5.88 Å². The number of imidazole rings is 1. The summed E-state index contributed by atoms with van der Waals surface area (Å²) in [4.78, 5) is 22.4. The van der Waals surface area contributed by atoms with Crippen molar-refractivity contribution in [1.29, 1.82) is 0 Å². The molecule has 8 nitrogen and oxygen atoms in total. The maximum Gasteiger partial charge on any atom is 0.434 e. The second-order valence-corrected chi connectivity index (χ2v) is 10.8. The van der Waals surface area contributed by atoms with Crippen LogP contribution in [0.15, 0.2) is 49.2 Å². The molecule has 1 fully saturated rings. The van der Waals surface area contributed by atoms with Gasteiger partial charge < -0.3 is 13.9 Å². The summed E-state index contributed by atoms with van der Waals surface area (Å²) in [5, 5.41) is 0. The molecule has 212 valence electrons. The molecular formula is C30H30F3N7O. The van der Waals surface area contributed by atoms with Crippen LogP contribution >= 0.6 is 0 Å². The zero-order chi connectivity index (χ0) is 29.1. The molecule has 0 N–H and O–H groups in total. The van der Waals surface area contributed by atoms with Gasteiger partial charge in [0.05, 0.1) is 30.0 Å². The van der Waals surface area contributed by atoms with Gasteiger partial charge in [0.2, 0.25) is 5.88 Å². The molecule has 0 spiro atoms. The first-order valence-electron chi connectivity index (χ1n) is 13.5. The van der Waals surface area contributed by atoms with Gasteiger partial charge in [0, 0.05) is 48.4 Å². The lowest BCUT2D eigenvalue weighted by molar-refractivity contribution is -0.140. The summed E-state index contributed by atoms with van der Waals surface area (Å²) in [6.07, 6.45) is 4.07. The van der Waals surface area contributed by atoms with Crippen LogP contribution in [0.1, 0.15) is 74.0 Å². The lowest BCUT2D eigenvalue weighted by Gasteiger charge is -2.14. The fraction of sp³-hybridized carbons (Fsp3) is 0.367. The summed E-state index contributed by atoms with van der Waals surface area (Å²) >= 11 is 0. The molecule has 0 aliphatic heterocycles. The fourth-order valence-electron chi connectivity index (χ4n) is 5.27. The Labute approximate surface area is 235 Å². The Kier molecular flexibility index (Phi) is 6.55. The van der Waals surface area contributed by atoms with Crippen molar-refractivity contribution in [2.24, 2.45) is 7.05 Å². The SMILES string of the molecule is COc1ncnc(C2CC2)c1-c1ncc2c(n1)c(C(C)c1ccc(-c3nc(C(F)(F)F)cn3C(C)C)cc1)cn2C. The maximum atomic E-state index is 13.4. The number of benzene rings is 1. The molecule has 6 rings (SSSR count). The second-order valence-electron chi connectivity index (χ2n) is 10.8. The number of aryl methyl sites for hydroxylation is 1. The molecule has 4 aromatic heterocycles. The Morgan fingerprint density at radius 1 is 0.976 bits per heavy atom. The number of aromatic nitrogens is 7. The molecule has 0 bridgehead atoms. The van der Waals surface area contributed by atoms with Crippen molar-refractivity contribution >= 4 is 11.0 Å². The predicted molar refractivity (Wildman–Crippen MR) is 149 cm³/mol. The Bertz CT molecular complexity index is 1730. The zero-order valence-electron chi connectivity index (χ0n) is 23.4. The van der Waals surface area contributed by atoms with E-state index in [0.717, 1.165) is 52.5 Å². The molecule has 1 unspecified atom stereocenters. The van der Waals surface area contributed by atoms with Crippen molar-refractivity contribution in [3.63, 3.8) is 0 Å². The van der Waals surface area contributed by atoms with Crippen molar-refractivity contribution < 1.29 is 17.9 Å². The molecule has 0 amide bonds. The van der Waals surface area contributed by atoms with Crippen molar-refractivity contribution in [2.75, 3.05) is 7.11 Å². The van der Waals surface area contributed by atoms with Crippen LogP contribution in [0, 0.1) is 0 Å². The second kappa shape index (κ2) is 9.97. The van der Waals surface area contributed by atoms with Crippen molar-refractivity contribution in [2.45, 2.75) is 57.7 Å². The van der Waals surface area contributed by atoms with Gasteiger partial charge in [-0.1, -0.05) is 31.2 Å². The standard InChI is InChI=1S/C30H30F3N7O/c1-16(2)40-14-23(30(31,32)33)37-28(40)20-10-6-18(7-11-20)17(3)21-13-39(4)22-12-34-27(38-26(21)22)24-25(19-8-9-19)35-15-36-29(24)41-5/h6-7,10-17,19H,8-9H2,1-5H3. The number of alkyl halides is 3. The lowest BCUT2D eigenvalue weighted by Crippen LogP contribution is -2.05. The van der Waals surface area contributed by atoms with Gasteiger partial charge in [0.15, 0.2) is 11.5 Å². The van der Waals surface area contributed by atoms with E-state index in [-0.39, 0.29) is 12.0 Å². The van der Waals surface area contributed by atoms with Crippen LogP contribution in [-0.2, 0) is 13.2 Å². The van der Waals surface area contributed by atoms with E-state index in [1.54, 1.807) is 11.7 Å². The van der Waals surface area contributed by atoms with Crippen molar-refractivity contribution in [1.82, 2.24) is 34.1 Å². The summed E-state index contributed by atoms with van der Waals surface area (Å²) in [6.45, 7) is 5.76. The van der Waals surface area contributed by atoms with E-state index in [1.165, 1.54) is 6.33 Å². The average molecular weight is 562 g/mol. The number of rotatable bonds is 7. The number of ether oxygens (including phenoxy) is 1. The van der Waals surface area contributed by atoms with E-state index >= 15 is 0 Å². The molecule has 1 aliphatic carbocycles. The third kappa shape index (κ3) is 4.83. The topological polar surface area (TPSA) is 83.5 Å². The maximum absolute atomic E-state index is 13.4. The van der Waals surface area contributed by atoms with Crippen LogP contribution in [0.25, 0.3) is 33.8 Å². The van der Waals surface area contributed by atoms with Gasteiger partial charge >= 0.3 is 6.18 Å². The predicted octanol–water partition coefficient (Wildman–Crippen LogP) is 6.93. The first-order valence-corrected chi connectivity index (χ1v) is 13.5. The molecule has 41 heavy (non-hydrogen) atoms. The largest absolute Gasteiger partial charge is 0.480 e. The highest BCUT2D eigenvalue weighted by molar-refractivity contribution is 5.83. The highest BCUT2D eigenvalue weighted by Gasteiger charge is 2.35. The van der Waals surface area contributed by atoms with Gasteiger partial charge in [-0.2, -0.15) is 13.2 Å². The van der Waals surface area contributed by atoms with Crippen LogP contribution in [0.3, 0.4) is 0 Å². The van der Waals surface area contributed by atoms with Crippen LogP contribution < -0.4 is 4.74 Å². The van der Waals surface area contributed by atoms with Gasteiger partial charge in [0.1, 0.15) is 17.7 Å². The average Bonchev–Trinajstić information content (AvgIpc) is 3.61. The minimum atomic E-state index is -4.51. The number of halogens is 3. The van der Waals surface area contributed by atoms with Gasteiger partial charge in [-0.25, -0.2) is 24.9 Å². The Hall–Kier alpha value is -4.28. The molecule has 0 radical (unpaired) electrons. The quantitative estimate of drug-likeness (QED) is 0.214. The Morgan fingerprint density at radius 2 is 1.71 bits per heavy atom. The van der Waals surface area contributed by atoms with Gasteiger partial charge in [-0.05, 0) is 32.3 Å². The van der Waals surface area contributed by atoms with Gasteiger partial charge in [-0.3, -0.25) is 0 Å². The van der Waals surface area contributed by atoms with Crippen LogP contribution in [0.2, 0.25) is 0 Å². The normalized spacial score (nSPS) is 14.7. The molecular weight excluding hydrogens is 531 g/mol. The molecule has 11 heteroatoms. The van der Waals surface area contributed by atoms with E-state index in [4.69, 9.17) is 9.72 Å². The third-order valence-electron chi connectivity index (χ3n) is 7.69. The molecule has 4 heterocycles. The van der Waals surface area contributed by atoms with Gasteiger partial charge in [0.25, 0.3) is 0 Å². The highest BCUT2D eigenvalue weighted by Crippen LogP contribution is 2.45. The smallest absolute Gasteiger partial charge is 0.434 e. The molecule has 1 aromatic carbocycles. The summed E-state index contributed by atoms with van der Waals surface area (Å²) in [7, 11) is 3.54. The van der Waals surface area contributed by atoms with E-state index in [0.29, 0.717) is 29.0 Å². The molecule has 5 aromatic rings. The number of fused-ring (bicyclic) bond motifs is 1. The monoisotopic (exact) mass is 561 g/mol. The summed E-state index contributed by atoms with van der Waals surface area (Å²) < 4.78 is 49.3. The Morgan fingerprint density at radius 3 is 2.34 bits per heavy atom. The highest BCUT2D eigenvalue weighted by atomic mass is 19.4. The number of hydrogen-bond acceptors (Lipinski definition) is 6. The molecule has 1 atom stereocenters. The number of nitrogens with zero attached hydrogens (tertiary/aromatic N) is 7. The summed E-state index contributed by atoms with van der Waals surface area (Å²) in [5.41, 5.74) is 5.06. The van der Waals surface area contributed by atoms with E-state index in [1.807, 2.05) is 62.1 Å². The molecule has 0 saturated heterocycles. The Balaban J connectivity index is 1.38. The molecule has 1 aliphatic rings.